The Bertz CT molecular complexity index is 469. The molecule has 0 bridgehead atoms. The Morgan fingerprint density at radius 2 is 2.00 bits per heavy atom. The van der Waals surface area contributed by atoms with Crippen LogP contribution in [0.5, 0.6) is 5.75 Å². The second-order valence-electron chi connectivity index (χ2n) is 4.42. The van der Waals surface area contributed by atoms with Crippen molar-refractivity contribution in [2.24, 2.45) is 0 Å². The Labute approximate surface area is 131 Å². The lowest BCUT2D eigenvalue weighted by molar-refractivity contribution is -0.210. The average molecular weight is 346 g/mol. The van der Waals surface area contributed by atoms with Gasteiger partial charge in [0.25, 0.3) is 0 Å². The average Bonchev–Trinajstić information content (AvgIpc) is 2.36. The fourth-order valence-electron chi connectivity index (χ4n) is 1.56. The van der Waals surface area contributed by atoms with E-state index >= 15 is 0 Å². The first-order chi connectivity index (χ1) is 9.75. The summed E-state index contributed by atoms with van der Waals surface area (Å²) in [5.41, 5.74) is 0.537. The predicted octanol–water partition coefficient (Wildman–Crippen LogP) is 3.80. The van der Waals surface area contributed by atoms with E-state index in [1.165, 1.54) is 6.07 Å². The molecule has 0 spiro atoms. The Kier molecular flexibility index (Phi) is 7.06. The molecule has 1 rings (SSSR count). The topological polar surface area (TPSA) is 41.5 Å². The van der Waals surface area contributed by atoms with Crippen LogP contribution < -0.4 is 10.1 Å². The molecule has 8 heteroatoms. The fraction of sp³-hybridized carbons (Fsp3) is 0.538. The largest absolute Gasteiger partial charge is 0.489 e. The number of nitrogens with one attached hydrogen (secondary N) is 1. The van der Waals surface area contributed by atoms with Gasteiger partial charge in [-0.25, -0.2) is 0 Å². The molecule has 1 aromatic carbocycles. The van der Waals surface area contributed by atoms with Crippen molar-refractivity contribution < 1.29 is 23.0 Å². The van der Waals surface area contributed by atoms with Crippen LogP contribution in [-0.2, 0) is 6.54 Å². The van der Waals surface area contributed by atoms with Gasteiger partial charge in [0.05, 0.1) is 5.02 Å². The van der Waals surface area contributed by atoms with Gasteiger partial charge in [-0.05, 0) is 25.1 Å². The minimum absolute atomic E-state index is 0.0907. The van der Waals surface area contributed by atoms with Crippen molar-refractivity contribution in [3.8, 4) is 5.75 Å². The van der Waals surface area contributed by atoms with Gasteiger partial charge in [0.2, 0.25) is 0 Å². The fourth-order valence-corrected chi connectivity index (χ4v) is 2.15. The number of ether oxygens (including phenoxy) is 1. The van der Waals surface area contributed by atoms with Crippen LogP contribution in [0.3, 0.4) is 0 Å². The molecule has 2 N–H and O–H groups in total. The van der Waals surface area contributed by atoms with E-state index in [4.69, 9.17) is 33.0 Å². The van der Waals surface area contributed by atoms with Crippen LogP contribution in [0.15, 0.2) is 12.1 Å². The molecule has 120 valence electrons. The van der Waals surface area contributed by atoms with Crippen LogP contribution in [0.2, 0.25) is 10.0 Å². The predicted molar refractivity (Wildman–Crippen MR) is 76.0 cm³/mol. The molecule has 0 aromatic heterocycles. The summed E-state index contributed by atoms with van der Waals surface area (Å²) in [4.78, 5) is 0. The van der Waals surface area contributed by atoms with E-state index < -0.39 is 18.9 Å². The van der Waals surface area contributed by atoms with Crippen LogP contribution >= 0.6 is 23.2 Å². The minimum Gasteiger partial charge on any atom is -0.489 e. The monoisotopic (exact) mass is 345 g/mol. The van der Waals surface area contributed by atoms with Gasteiger partial charge in [-0.2, -0.15) is 13.2 Å². The van der Waals surface area contributed by atoms with Crippen molar-refractivity contribution in [2.45, 2.75) is 32.2 Å². The van der Waals surface area contributed by atoms with Crippen LogP contribution in [0.1, 0.15) is 18.9 Å². The standard InChI is InChI=1S/C13H16Cl2F3NO2/c1-2-3-19-6-8-4-9(14)5-10(15)12(8)21-7-11(20)13(16,17)18/h4-5,11,19-20H,2-3,6-7H2,1H3. The maximum atomic E-state index is 12.3. The van der Waals surface area contributed by atoms with Crippen LogP contribution in [0, 0.1) is 0 Å². The van der Waals surface area contributed by atoms with Crippen molar-refractivity contribution >= 4 is 23.2 Å². The van der Waals surface area contributed by atoms with Crippen molar-refractivity contribution in [1.82, 2.24) is 5.32 Å². The first kappa shape index (κ1) is 18.4. The summed E-state index contributed by atoms with van der Waals surface area (Å²) in [7, 11) is 0. The van der Waals surface area contributed by atoms with E-state index in [0.29, 0.717) is 17.1 Å². The van der Waals surface area contributed by atoms with E-state index in [1.807, 2.05) is 6.92 Å². The lowest BCUT2D eigenvalue weighted by Crippen LogP contribution is -2.34. The Hall–Kier alpha value is -0.690. The zero-order valence-corrected chi connectivity index (χ0v) is 12.8. The molecule has 3 nitrogen and oxygen atoms in total. The molecule has 21 heavy (non-hydrogen) atoms. The molecule has 0 saturated carbocycles. The van der Waals surface area contributed by atoms with Gasteiger partial charge in [-0.1, -0.05) is 30.1 Å². The molecule has 0 amide bonds. The summed E-state index contributed by atoms with van der Waals surface area (Å²) in [6.45, 7) is 2.14. The highest BCUT2D eigenvalue weighted by Crippen LogP contribution is 2.33. The number of benzene rings is 1. The molecule has 0 heterocycles. The molecule has 0 aliphatic heterocycles. The Balaban J connectivity index is 2.83. The number of aliphatic hydroxyl groups excluding tert-OH is 1. The zero-order valence-electron chi connectivity index (χ0n) is 11.3. The number of hydrogen-bond donors (Lipinski definition) is 2. The third-order valence-corrected chi connectivity index (χ3v) is 3.09. The van der Waals surface area contributed by atoms with E-state index in [9.17, 15) is 13.2 Å². The Morgan fingerprint density at radius 3 is 2.57 bits per heavy atom. The van der Waals surface area contributed by atoms with Gasteiger partial charge in [-0.3, -0.25) is 0 Å². The van der Waals surface area contributed by atoms with Crippen molar-refractivity contribution in [2.75, 3.05) is 13.2 Å². The van der Waals surface area contributed by atoms with Gasteiger partial charge < -0.3 is 15.2 Å². The van der Waals surface area contributed by atoms with Gasteiger partial charge in [0, 0.05) is 17.1 Å². The lowest BCUT2D eigenvalue weighted by Gasteiger charge is -2.18. The summed E-state index contributed by atoms with van der Waals surface area (Å²) in [6, 6.07) is 2.94. The molecule has 0 saturated heterocycles. The molecule has 1 atom stereocenters. The van der Waals surface area contributed by atoms with Crippen LogP contribution in [0.25, 0.3) is 0 Å². The van der Waals surface area contributed by atoms with Gasteiger partial charge in [0.1, 0.15) is 12.4 Å². The van der Waals surface area contributed by atoms with Crippen molar-refractivity contribution in [3.05, 3.63) is 27.7 Å². The van der Waals surface area contributed by atoms with Crippen LogP contribution in [-0.4, -0.2) is 30.5 Å². The molecule has 1 unspecified atom stereocenters. The summed E-state index contributed by atoms with van der Waals surface area (Å²) in [5, 5.41) is 12.5. The van der Waals surface area contributed by atoms with E-state index in [2.05, 4.69) is 5.32 Å². The van der Waals surface area contributed by atoms with E-state index in [1.54, 1.807) is 6.07 Å². The summed E-state index contributed by atoms with van der Waals surface area (Å²) < 4.78 is 41.8. The molecule has 0 fully saturated rings. The third kappa shape index (κ3) is 5.90. The molecular formula is C13H16Cl2F3NO2. The maximum Gasteiger partial charge on any atom is 0.417 e. The quantitative estimate of drug-likeness (QED) is 0.738. The minimum atomic E-state index is -4.74. The number of hydrogen-bond acceptors (Lipinski definition) is 3. The highest BCUT2D eigenvalue weighted by Gasteiger charge is 2.39. The highest BCUT2D eigenvalue weighted by molar-refractivity contribution is 6.35. The van der Waals surface area contributed by atoms with Gasteiger partial charge >= 0.3 is 6.18 Å². The molecular weight excluding hydrogens is 330 g/mol. The summed E-state index contributed by atoms with van der Waals surface area (Å²) in [5.74, 6) is 0.0907. The molecule has 1 aromatic rings. The first-order valence-corrected chi connectivity index (χ1v) is 7.07. The smallest absolute Gasteiger partial charge is 0.417 e. The van der Waals surface area contributed by atoms with Crippen LogP contribution in [0.4, 0.5) is 13.2 Å². The van der Waals surface area contributed by atoms with Crippen molar-refractivity contribution in [1.29, 1.82) is 0 Å². The van der Waals surface area contributed by atoms with E-state index in [0.717, 1.165) is 13.0 Å². The zero-order chi connectivity index (χ0) is 16.0. The SMILES string of the molecule is CCCNCc1cc(Cl)cc(Cl)c1OCC(O)C(F)(F)F. The molecule has 0 aliphatic carbocycles. The second kappa shape index (κ2) is 8.08. The maximum absolute atomic E-state index is 12.3. The number of rotatable bonds is 7. The molecule has 0 aliphatic rings. The highest BCUT2D eigenvalue weighted by atomic mass is 35.5. The van der Waals surface area contributed by atoms with Gasteiger partial charge in [-0.15, -0.1) is 0 Å². The summed E-state index contributed by atoms with van der Waals surface area (Å²) >= 11 is 11.8. The van der Waals surface area contributed by atoms with Crippen molar-refractivity contribution in [3.63, 3.8) is 0 Å². The lowest BCUT2D eigenvalue weighted by atomic mass is 10.2. The first-order valence-electron chi connectivity index (χ1n) is 6.32. The van der Waals surface area contributed by atoms with E-state index in [-0.39, 0.29) is 10.8 Å². The summed E-state index contributed by atoms with van der Waals surface area (Å²) in [6.07, 6.45) is -6.41. The second-order valence-corrected chi connectivity index (χ2v) is 5.26. The number of alkyl halides is 3. The number of halogens is 5. The van der Waals surface area contributed by atoms with Gasteiger partial charge in [0.15, 0.2) is 6.10 Å². The Morgan fingerprint density at radius 1 is 1.33 bits per heavy atom. The molecule has 0 radical (unpaired) electrons. The number of aliphatic hydroxyl groups is 1. The third-order valence-electron chi connectivity index (χ3n) is 2.59. The normalized spacial score (nSPS) is 13.3.